The second-order valence-corrected chi connectivity index (χ2v) is 5.16. The Morgan fingerprint density at radius 1 is 1.25 bits per heavy atom. The quantitative estimate of drug-likeness (QED) is 0.898. The Labute approximate surface area is 125 Å². The van der Waals surface area contributed by atoms with Gasteiger partial charge in [-0.2, -0.15) is 0 Å². The lowest BCUT2D eigenvalue weighted by atomic mass is 10.1. The number of methoxy groups -OCH3 is 1. The maximum Gasteiger partial charge on any atom is 0.255 e. The fourth-order valence-corrected chi connectivity index (χ4v) is 2.28. The van der Waals surface area contributed by atoms with Crippen molar-refractivity contribution >= 4 is 27.5 Å². The predicted octanol–water partition coefficient (Wildman–Crippen LogP) is 3.72. The zero-order chi connectivity index (χ0) is 14.7. The number of phenolic OH excluding ortho intramolecular Hbond substituents is 1. The van der Waals surface area contributed by atoms with Crippen molar-refractivity contribution in [3.05, 3.63) is 52.0 Å². The third-order valence-electron chi connectivity index (χ3n) is 2.87. The van der Waals surface area contributed by atoms with E-state index < -0.39 is 0 Å². The van der Waals surface area contributed by atoms with Crippen LogP contribution in [0.3, 0.4) is 0 Å². The molecular formula is C15H14BrNO3. The molecule has 0 radical (unpaired) electrons. The molecule has 0 saturated carbocycles. The second kappa shape index (κ2) is 5.96. The fourth-order valence-electron chi connectivity index (χ4n) is 1.74. The first kappa shape index (κ1) is 14.4. The van der Waals surface area contributed by atoms with Crippen molar-refractivity contribution in [3.8, 4) is 11.5 Å². The molecule has 0 atom stereocenters. The average Bonchev–Trinajstić information content (AvgIpc) is 2.42. The normalized spacial score (nSPS) is 10.2. The molecule has 2 N–H and O–H groups in total. The molecule has 104 valence electrons. The highest BCUT2D eigenvalue weighted by molar-refractivity contribution is 9.10. The number of anilines is 1. The molecule has 2 aromatic carbocycles. The van der Waals surface area contributed by atoms with Gasteiger partial charge in [0.1, 0.15) is 11.5 Å². The third kappa shape index (κ3) is 3.11. The van der Waals surface area contributed by atoms with E-state index in [-0.39, 0.29) is 11.7 Å². The van der Waals surface area contributed by atoms with Crippen molar-refractivity contribution in [2.24, 2.45) is 0 Å². The van der Waals surface area contributed by atoms with Crippen LogP contribution >= 0.6 is 15.9 Å². The fraction of sp³-hybridized carbons (Fsp3) is 0.133. The van der Waals surface area contributed by atoms with Crippen LogP contribution in [-0.2, 0) is 0 Å². The average molecular weight is 336 g/mol. The summed E-state index contributed by atoms with van der Waals surface area (Å²) in [4.78, 5) is 12.1. The molecule has 1 amide bonds. The minimum atomic E-state index is -0.231. The maximum absolute atomic E-state index is 12.1. The number of carbonyl (C=O) groups is 1. The highest BCUT2D eigenvalue weighted by Gasteiger charge is 2.09. The van der Waals surface area contributed by atoms with E-state index in [4.69, 9.17) is 4.74 Å². The second-order valence-electron chi connectivity index (χ2n) is 4.30. The molecule has 0 unspecified atom stereocenters. The number of carbonyl (C=O) groups excluding carboxylic acids is 1. The number of halogens is 1. The Balaban J connectivity index is 2.19. The van der Waals surface area contributed by atoms with Crippen LogP contribution in [0, 0.1) is 6.92 Å². The number of amides is 1. The van der Waals surface area contributed by atoms with Gasteiger partial charge in [-0.3, -0.25) is 4.79 Å². The summed E-state index contributed by atoms with van der Waals surface area (Å²) in [6.45, 7) is 1.75. The van der Waals surface area contributed by atoms with Gasteiger partial charge < -0.3 is 15.2 Å². The van der Waals surface area contributed by atoms with Crippen molar-refractivity contribution < 1.29 is 14.6 Å². The molecule has 0 aliphatic rings. The van der Waals surface area contributed by atoms with Gasteiger partial charge in [0.2, 0.25) is 0 Å². The largest absolute Gasteiger partial charge is 0.508 e. The van der Waals surface area contributed by atoms with E-state index in [2.05, 4.69) is 21.2 Å². The van der Waals surface area contributed by atoms with Crippen molar-refractivity contribution in [1.29, 1.82) is 0 Å². The number of benzene rings is 2. The Kier molecular flexibility index (Phi) is 4.29. The van der Waals surface area contributed by atoms with Gasteiger partial charge in [0.15, 0.2) is 0 Å². The van der Waals surface area contributed by atoms with E-state index in [9.17, 15) is 9.90 Å². The molecule has 0 bridgehead atoms. The number of aromatic hydroxyl groups is 1. The number of hydrogen-bond acceptors (Lipinski definition) is 3. The van der Waals surface area contributed by atoms with E-state index in [1.807, 2.05) is 0 Å². The summed E-state index contributed by atoms with van der Waals surface area (Å²) < 4.78 is 5.89. The summed E-state index contributed by atoms with van der Waals surface area (Å²) in [5.41, 5.74) is 1.81. The Morgan fingerprint density at radius 2 is 2.00 bits per heavy atom. The van der Waals surface area contributed by atoms with Crippen LogP contribution in [0.2, 0.25) is 0 Å². The summed E-state index contributed by atoms with van der Waals surface area (Å²) in [5, 5.41) is 12.2. The lowest BCUT2D eigenvalue weighted by Crippen LogP contribution is -2.12. The molecule has 0 fully saturated rings. The zero-order valence-electron chi connectivity index (χ0n) is 11.1. The standard InChI is InChI=1S/C15H14BrNO3/c1-9-7-10(3-5-13(9)18)15(19)17-11-4-6-14(20-2)12(16)8-11/h3-8,18H,1-2H3,(H,17,19). The van der Waals surface area contributed by atoms with Crippen LogP contribution in [0.25, 0.3) is 0 Å². The first-order valence-electron chi connectivity index (χ1n) is 5.96. The number of hydrogen-bond donors (Lipinski definition) is 2. The Bertz CT molecular complexity index is 656. The van der Waals surface area contributed by atoms with Gasteiger partial charge in [0, 0.05) is 11.3 Å². The van der Waals surface area contributed by atoms with Crippen LogP contribution in [-0.4, -0.2) is 18.1 Å². The highest BCUT2D eigenvalue weighted by atomic mass is 79.9. The van der Waals surface area contributed by atoms with Crippen molar-refractivity contribution in [2.75, 3.05) is 12.4 Å². The van der Waals surface area contributed by atoms with Crippen LogP contribution in [0.15, 0.2) is 40.9 Å². The molecule has 0 aliphatic heterocycles. The molecule has 4 nitrogen and oxygen atoms in total. The van der Waals surface area contributed by atoms with E-state index >= 15 is 0 Å². The van der Waals surface area contributed by atoms with Crippen molar-refractivity contribution in [2.45, 2.75) is 6.92 Å². The predicted molar refractivity (Wildman–Crippen MR) is 81.5 cm³/mol. The molecule has 0 aromatic heterocycles. The van der Waals surface area contributed by atoms with Gasteiger partial charge in [-0.25, -0.2) is 0 Å². The van der Waals surface area contributed by atoms with Gasteiger partial charge in [0.05, 0.1) is 11.6 Å². The minimum absolute atomic E-state index is 0.175. The van der Waals surface area contributed by atoms with Crippen LogP contribution in [0.4, 0.5) is 5.69 Å². The van der Waals surface area contributed by atoms with Crippen molar-refractivity contribution in [1.82, 2.24) is 0 Å². The van der Waals surface area contributed by atoms with Crippen LogP contribution < -0.4 is 10.1 Å². The van der Waals surface area contributed by atoms with E-state index in [1.165, 1.54) is 6.07 Å². The summed E-state index contributed by atoms with van der Waals surface area (Å²) in [7, 11) is 1.58. The maximum atomic E-state index is 12.1. The monoisotopic (exact) mass is 335 g/mol. The first-order chi connectivity index (χ1) is 9.51. The van der Waals surface area contributed by atoms with Gasteiger partial charge >= 0.3 is 0 Å². The smallest absolute Gasteiger partial charge is 0.255 e. The van der Waals surface area contributed by atoms with E-state index in [1.54, 1.807) is 44.4 Å². The van der Waals surface area contributed by atoms with E-state index in [0.717, 1.165) is 4.47 Å². The van der Waals surface area contributed by atoms with Crippen LogP contribution in [0.1, 0.15) is 15.9 Å². The number of ether oxygens (including phenoxy) is 1. The Morgan fingerprint density at radius 3 is 2.60 bits per heavy atom. The lowest BCUT2D eigenvalue weighted by Gasteiger charge is -2.09. The summed E-state index contributed by atoms with van der Waals surface area (Å²) >= 11 is 3.37. The van der Waals surface area contributed by atoms with Crippen molar-refractivity contribution in [3.63, 3.8) is 0 Å². The zero-order valence-corrected chi connectivity index (χ0v) is 12.7. The highest BCUT2D eigenvalue weighted by Crippen LogP contribution is 2.28. The van der Waals surface area contributed by atoms with Gasteiger partial charge in [0.25, 0.3) is 5.91 Å². The Hall–Kier alpha value is -2.01. The SMILES string of the molecule is COc1ccc(NC(=O)c2ccc(O)c(C)c2)cc1Br. The topological polar surface area (TPSA) is 58.6 Å². The van der Waals surface area contributed by atoms with Gasteiger partial charge in [-0.05, 0) is 64.8 Å². The number of phenols is 1. The molecule has 20 heavy (non-hydrogen) atoms. The first-order valence-corrected chi connectivity index (χ1v) is 6.75. The molecule has 0 aliphatic carbocycles. The summed E-state index contributed by atoms with van der Waals surface area (Å²) in [5.74, 6) is 0.641. The molecule has 2 rings (SSSR count). The minimum Gasteiger partial charge on any atom is -0.508 e. The molecule has 0 saturated heterocycles. The summed E-state index contributed by atoms with van der Waals surface area (Å²) in [6, 6.07) is 10.0. The molecule has 2 aromatic rings. The van der Waals surface area contributed by atoms with E-state index in [0.29, 0.717) is 22.6 Å². The number of rotatable bonds is 3. The van der Waals surface area contributed by atoms with Gasteiger partial charge in [-0.1, -0.05) is 0 Å². The lowest BCUT2D eigenvalue weighted by molar-refractivity contribution is 0.102. The number of aryl methyl sites for hydroxylation is 1. The third-order valence-corrected chi connectivity index (χ3v) is 3.49. The number of nitrogens with one attached hydrogen (secondary N) is 1. The summed E-state index contributed by atoms with van der Waals surface area (Å²) in [6.07, 6.45) is 0. The van der Waals surface area contributed by atoms with Gasteiger partial charge in [-0.15, -0.1) is 0 Å². The molecule has 0 spiro atoms. The molecule has 0 heterocycles. The molecular weight excluding hydrogens is 322 g/mol. The van der Waals surface area contributed by atoms with Crippen LogP contribution in [0.5, 0.6) is 11.5 Å². The molecule has 5 heteroatoms.